The second-order valence-electron chi connectivity index (χ2n) is 7.46. The van der Waals surface area contributed by atoms with Crippen LogP contribution in [0.1, 0.15) is 27.7 Å². The van der Waals surface area contributed by atoms with Crippen LogP contribution in [0.25, 0.3) is 11.0 Å². The van der Waals surface area contributed by atoms with Gasteiger partial charge < -0.3 is 9.15 Å². The Bertz CT molecular complexity index is 1550. The zero-order valence-electron chi connectivity index (χ0n) is 17.0. The molecule has 5 aromatic rings. The quantitative estimate of drug-likeness (QED) is 0.372. The Kier molecular flexibility index (Phi) is 4.51. The fraction of sp³-hybridized carbons (Fsp3) is 0.0400. The maximum absolute atomic E-state index is 13.5. The molecule has 8 heteroatoms. The van der Waals surface area contributed by atoms with Gasteiger partial charge in [-0.25, -0.2) is 0 Å². The summed E-state index contributed by atoms with van der Waals surface area (Å²) < 4.78 is 11.9. The molecule has 33 heavy (non-hydrogen) atoms. The topological polar surface area (TPSA) is 85.5 Å². The van der Waals surface area contributed by atoms with E-state index >= 15 is 0 Å². The number of rotatable bonds is 4. The maximum atomic E-state index is 13.5. The molecule has 2 aromatic heterocycles. The summed E-state index contributed by atoms with van der Waals surface area (Å²) in [4.78, 5) is 28.5. The second kappa shape index (κ2) is 7.68. The molecule has 0 spiro atoms. The Morgan fingerprint density at radius 3 is 2.52 bits per heavy atom. The van der Waals surface area contributed by atoms with Crippen LogP contribution in [0, 0.1) is 0 Å². The van der Waals surface area contributed by atoms with E-state index in [1.54, 1.807) is 29.8 Å². The molecule has 1 aliphatic rings. The molecule has 0 fully saturated rings. The van der Waals surface area contributed by atoms with Crippen molar-refractivity contribution < 1.29 is 13.9 Å². The number of ether oxygens (including phenoxy) is 1. The number of hydrogen-bond donors (Lipinski definition) is 0. The highest BCUT2D eigenvalue weighted by Gasteiger charge is 2.45. The van der Waals surface area contributed by atoms with Gasteiger partial charge in [-0.15, -0.1) is 10.2 Å². The highest BCUT2D eigenvalue weighted by atomic mass is 32.1. The van der Waals surface area contributed by atoms with Gasteiger partial charge >= 0.3 is 0 Å². The third-order valence-electron chi connectivity index (χ3n) is 5.48. The van der Waals surface area contributed by atoms with Gasteiger partial charge in [-0.3, -0.25) is 14.5 Å². The molecule has 7 nitrogen and oxygen atoms in total. The van der Waals surface area contributed by atoms with Crippen LogP contribution in [0.4, 0.5) is 5.13 Å². The first kappa shape index (κ1) is 19.4. The first-order valence-electron chi connectivity index (χ1n) is 10.2. The third kappa shape index (κ3) is 3.19. The molecule has 6 rings (SSSR count). The van der Waals surface area contributed by atoms with Crippen LogP contribution in [0.5, 0.6) is 11.5 Å². The third-order valence-corrected chi connectivity index (χ3v) is 6.17. The van der Waals surface area contributed by atoms with E-state index in [1.165, 1.54) is 16.2 Å². The van der Waals surface area contributed by atoms with Crippen molar-refractivity contribution in [3.05, 3.63) is 111 Å². The lowest BCUT2D eigenvalue weighted by Crippen LogP contribution is -2.29. The summed E-state index contributed by atoms with van der Waals surface area (Å²) in [5.74, 6) is 0.864. The smallest absolute Gasteiger partial charge is 0.297 e. The summed E-state index contributed by atoms with van der Waals surface area (Å²) in [6.45, 7) is 0. The van der Waals surface area contributed by atoms with Gasteiger partial charge in [-0.1, -0.05) is 53.8 Å². The van der Waals surface area contributed by atoms with Gasteiger partial charge in [0, 0.05) is 0 Å². The van der Waals surface area contributed by atoms with Crippen LogP contribution in [0.2, 0.25) is 0 Å². The molecule has 0 aliphatic carbocycles. The highest BCUT2D eigenvalue weighted by molar-refractivity contribution is 7.13. The number of aromatic nitrogens is 2. The molecule has 3 heterocycles. The van der Waals surface area contributed by atoms with E-state index in [9.17, 15) is 9.59 Å². The molecule has 1 atom stereocenters. The average molecular weight is 453 g/mol. The van der Waals surface area contributed by atoms with E-state index in [-0.39, 0.29) is 16.8 Å². The van der Waals surface area contributed by atoms with Crippen LogP contribution in [0.3, 0.4) is 0 Å². The minimum absolute atomic E-state index is 0.0216. The number of hydrogen-bond acceptors (Lipinski definition) is 7. The van der Waals surface area contributed by atoms with E-state index in [2.05, 4.69) is 10.2 Å². The molecule has 0 N–H and O–H groups in total. The lowest BCUT2D eigenvalue weighted by Gasteiger charge is -2.22. The standard InChI is InChI=1S/C25H15N3O4S/c29-22-18-11-4-5-12-19(18)32-23-20(22)21(28(24(23)30)25-27-26-14-33-25)15-7-6-10-17(13-15)31-16-8-2-1-3-9-16/h1-14,21H. The monoisotopic (exact) mass is 453 g/mol. The number of para-hydroxylation sites is 2. The van der Waals surface area contributed by atoms with Gasteiger partial charge in [0.05, 0.1) is 17.0 Å². The molecule has 160 valence electrons. The van der Waals surface area contributed by atoms with Crippen molar-refractivity contribution in [1.82, 2.24) is 10.2 Å². The van der Waals surface area contributed by atoms with Crippen LogP contribution < -0.4 is 15.1 Å². The Labute approximate surface area is 191 Å². The van der Waals surface area contributed by atoms with E-state index < -0.39 is 11.9 Å². The van der Waals surface area contributed by atoms with Crippen molar-refractivity contribution in [2.45, 2.75) is 6.04 Å². The Morgan fingerprint density at radius 2 is 1.70 bits per heavy atom. The maximum Gasteiger partial charge on any atom is 0.297 e. The predicted octanol–water partition coefficient (Wildman–Crippen LogP) is 5.19. The molecule has 1 aliphatic heterocycles. The van der Waals surface area contributed by atoms with E-state index in [1.807, 2.05) is 54.6 Å². The summed E-state index contributed by atoms with van der Waals surface area (Å²) in [7, 11) is 0. The predicted molar refractivity (Wildman–Crippen MR) is 124 cm³/mol. The number of anilines is 1. The zero-order valence-corrected chi connectivity index (χ0v) is 17.9. The molecular formula is C25H15N3O4S. The van der Waals surface area contributed by atoms with Gasteiger partial charge in [0.15, 0.2) is 5.43 Å². The minimum atomic E-state index is -0.722. The van der Waals surface area contributed by atoms with Crippen molar-refractivity contribution in [2.75, 3.05) is 4.90 Å². The fourth-order valence-corrected chi connectivity index (χ4v) is 4.66. The first-order valence-corrected chi connectivity index (χ1v) is 11.1. The molecule has 3 aromatic carbocycles. The number of fused-ring (bicyclic) bond motifs is 2. The molecular weight excluding hydrogens is 438 g/mol. The number of amides is 1. The van der Waals surface area contributed by atoms with Gasteiger partial charge in [-0.05, 0) is 42.0 Å². The van der Waals surface area contributed by atoms with Gasteiger partial charge in [0.2, 0.25) is 10.9 Å². The molecule has 0 bridgehead atoms. The summed E-state index contributed by atoms with van der Waals surface area (Å²) in [5, 5.41) is 8.78. The number of nitrogens with zero attached hydrogens (tertiary/aromatic N) is 3. The van der Waals surface area contributed by atoms with Gasteiger partial charge in [-0.2, -0.15) is 0 Å². The summed E-state index contributed by atoms with van der Waals surface area (Å²) >= 11 is 1.22. The largest absolute Gasteiger partial charge is 0.457 e. The Balaban J connectivity index is 1.54. The molecule has 0 saturated carbocycles. The zero-order chi connectivity index (χ0) is 22.4. The Hall–Kier alpha value is -4.30. The van der Waals surface area contributed by atoms with Crippen LogP contribution in [0.15, 0.2) is 93.6 Å². The number of benzene rings is 3. The lowest BCUT2D eigenvalue weighted by molar-refractivity contribution is 0.0970. The van der Waals surface area contributed by atoms with Gasteiger partial charge in [0.25, 0.3) is 5.91 Å². The molecule has 1 unspecified atom stereocenters. The molecule has 1 amide bonds. The van der Waals surface area contributed by atoms with E-state index in [4.69, 9.17) is 9.15 Å². The molecule has 0 radical (unpaired) electrons. The highest BCUT2D eigenvalue weighted by Crippen LogP contribution is 2.42. The SMILES string of the molecule is O=C1c2oc3ccccc3c(=O)c2C(c2cccc(Oc3ccccc3)c2)N1c1nncs1. The fourth-order valence-electron chi connectivity index (χ4n) is 4.08. The van der Waals surface area contributed by atoms with Crippen LogP contribution in [-0.2, 0) is 0 Å². The minimum Gasteiger partial charge on any atom is -0.457 e. The van der Waals surface area contributed by atoms with Crippen molar-refractivity contribution in [1.29, 1.82) is 0 Å². The van der Waals surface area contributed by atoms with Crippen molar-refractivity contribution in [3.8, 4) is 11.5 Å². The molecule has 0 saturated heterocycles. The Morgan fingerprint density at radius 1 is 0.909 bits per heavy atom. The first-order chi connectivity index (χ1) is 16.2. The van der Waals surface area contributed by atoms with Crippen molar-refractivity contribution >= 4 is 33.3 Å². The average Bonchev–Trinajstić information content (AvgIpc) is 3.47. The number of carbonyl (C=O) groups is 1. The van der Waals surface area contributed by atoms with Gasteiger partial charge in [0.1, 0.15) is 22.6 Å². The second-order valence-corrected chi connectivity index (χ2v) is 8.27. The van der Waals surface area contributed by atoms with Crippen LogP contribution >= 0.6 is 11.3 Å². The summed E-state index contributed by atoms with van der Waals surface area (Å²) in [6.07, 6.45) is 0. The normalized spacial score (nSPS) is 15.1. The lowest BCUT2D eigenvalue weighted by atomic mass is 9.98. The van der Waals surface area contributed by atoms with Crippen molar-refractivity contribution in [3.63, 3.8) is 0 Å². The summed E-state index contributed by atoms with van der Waals surface area (Å²) in [5.41, 5.74) is 2.66. The van der Waals surface area contributed by atoms with Crippen LogP contribution in [-0.4, -0.2) is 16.1 Å². The van der Waals surface area contributed by atoms with Crippen molar-refractivity contribution in [2.24, 2.45) is 0 Å². The summed E-state index contributed by atoms with van der Waals surface area (Å²) in [6, 6.07) is 22.9. The van der Waals surface area contributed by atoms with E-state index in [0.29, 0.717) is 33.2 Å². The number of carbonyl (C=O) groups excluding carboxylic acids is 1. The van der Waals surface area contributed by atoms with E-state index in [0.717, 1.165) is 0 Å².